The van der Waals surface area contributed by atoms with Crippen molar-refractivity contribution in [3.63, 3.8) is 0 Å². The summed E-state index contributed by atoms with van der Waals surface area (Å²) in [6, 6.07) is 10.9. The zero-order valence-electron chi connectivity index (χ0n) is 18.6. The van der Waals surface area contributed by atoms with Crippen molar-refractivity contribution in [2.45, 2.75) is 0 Å². The Hall–Kier alpha value is -3.97. The van der Waals surface area contributed by atoms with E-state index in [-0.39, 0.29) is 33.2 Å². The lowest BCUT2D eigenvalue weighted by atomic mass is 10.1. The van der Waals surface area contributed by atoms with Gasteiger partial charge < -0.3 is 14.2 Å². The highest BCUT2D eigenvalue weighted by molar-refractivity contribution is 8.16. The summed E-state index contributed by atoms with van der Waals surface area (Å²) >= 11 is 0.711. The zero-order chi connectivity index (χ0) is 25.3. The van der Waals surface area contributed by atoms with Crippen molar-refractivity contribution in [3.8, 4) is 17.2 Å². The molecule has 2 aromatic carbocycles. The van der Waals surface area contributed by atoms with E-state index >= 15 is 0 Å². The van der Waals surface area contributed by atoms with Crippen LogP contribution < -0.4 is 14.2 Å². The second-order valence-electron chi connectivity index (χ2n) is 7.21. The van der Waals surface area contributed by atoms with Crippen molar-refractivity contribution in [1.82, 2.24) is 4.90 Å². The number of hydrogen-bond donors (Lipinski definition) is 1. The van der Waals surface area contributed by atoms with Crippen LogP contribution in [-0.2, 0) is 14.6 Å². The first kappa shape index (κ1) is 24.2. The Bertz CT molecular complexity index is 1440. The molecule has 0 atom stereocenters. The number of amidine groups is 3. The summed E-state index contributed by atoms with van der Waals surface area (Å²) in [4.78, 5) is 29.9. The SMILES string of the molecule is COc1ccc(C(=O)Oc2ccc(/C=C3/C(=N)N4C(=NC3=O)SN=C4S(C)(=O)=O)cc2OC)cc1. The molecule has 11 nitrogen and oxygen atoms in total. The number of ether oxygens (including phenoxy) is 3. The second kappa shape index (κ2) is 9.35. The Balaban J connectivity index is 1.61. The summed E-state index contributed by atoms with van der Waals surface area (Å²) in [5, 5.41) is 8.03. The Labute approximate surface area is 204 Å². The summed E-state index contributed by atoms with van der Waals surface area (Å²) in [6.45, 7) is 0. The first-order chi connectivity index (χ1) is 16.6. The summed E-state index contributed by atoms with van der Waals surface area (Å²) in [7, 11) is -0.850. The van der Waals surface area contributed by atoms with Gasteiger partial charge in [-0.2, -0.15) is 9.39 Å². The van der Waals surface area contributed by atoms with E-state index in [1.165, 1.54) is 32.4 Å². The van der Waals surface area contributed by atoms with Crippen molar-refractivity contribution < 1.29 is 32.2 Å². The van der Waals surface area contributed by atoms with Gasteiger partial charge in [0.2, 0.25) is 20.2 Å². The van der Waals surface area contributed by atoms with Crippen LogP contribution in [0.4, 0.5) is 0 Å². The summed E-state index contributed by atoms with van der Waals surface area (Å²) < 4.78 is 43.7. The predicted octanol–water partition coefficient (Wildman–Crippen LogP) is 2.54. The minimum Gasteiger partial charge on any atom is -0.497 e. The van der Waals surface area contributed by atoms with E-state index in [1.807, 2.05) is 0 Å². The van der Waals surface area contributed by atoms with Gasteiger partial charge in [0.1, 0.15) is 11.6 Å². The third kappa shape index (κ3) is 4.81. The van der Waals surface area contributed by atoms with E-state index in [9.17, 15) is 18.0 Å². The molecular formula is C22H18N4O7S2. The monoisotopic (exact) mass is 514 g/mol. The number of amides is 1. The van der Waals surface area contributed by atoms with Crippen molar-refractivity contribution in [3.05, 3.63) is 59.2 Å². The summed E-state index contributed by atoms with van der Waals surface area (Å²) in [5.41, 5.74) is 0.598. The molecule has 13 heteroatoms. The molecule has 2 aromatic rings. The zero-order valence-corrected chi connectivity index (χ0v) is 20.3. The molecule has 4 rings (SSSR count). The molecule has 1 N–H and O–H groups in total. The van der Waals surface area contributed by atoms with Crippen LogP contribution in [0.2, 0.25) is 0 Å². The van der Waals surface area contributed by atoms with Gasteiger partial charge in [0.15, 0.2) is 11.5 Å². The number of esters is 1. The van der Waals surface area contributed by atoms with Crippen molar-refractivity contribution >= 4 is 55.9 Å². The number of benzene rings is 2. The van der Waals surface area contributed by atoms with Crippen LogP contribution in [0.25, 0.3) is 6.08 Å². The average molecular weight is 515 g/mol. The topological polar surface area (TPSA) is 148 Å². The fourth-order valence-electron chi connectivity index (χ4n) is 3.15. The van der Waals surface area contributed by atoms with Gasteiger partial charge in [0, 0.05) is 6.26 Å². The lowest BCUT2D eigenvalue weighted by Crippen LogP contribution is -2.45. The maximum absolute atomic E-state index is 12.5. The quantitative estimate of drug-likeness (QED) is 0.275. The molecule has 0 aliphatic carbocycles. The van der Waals surface area contributed by atoms with Crippen LogP contribution >= 0.6 is 11.9 Å². The maximum atomic E-state index is 12.5. The molecule has 35 heavy (non-hydrogen) atoms. The molecule has 2 heterocycles. The lowest BCUT2D eigenvalue weighted by Gasteiger charge is -2.23. The first-order valence-electron chi connectivity index (χ1n) is 9.85. The molecule has 0 radical (unpaired) electrons. The van der Waals surface area contributed by atoms with Crippen LogP contribution in [0.1, 0.15) is 15.9 Å². The van der Waals surface area contributed by atoms with Gasteiger partial charge in [-0.05, 0) is 48.0 Å². The molecule has 0 fully saturated rings. The van der Waals surface area contributed by atoms with E-state index < -0.39 is 21.7 Å². The fraction of sp³-hybridized carbons (Fsp3) is 0.136. The van der Waals surface area contributed by atoms with Gasteiger partial charge in [-0.25, -0.2) is 18.1 Å². The molecule has 0 saturated heterocycles. The van der Waals surface area contributed by atoms with Crippen LogP contribution in [0, 0.1) is 5.41 Å². The second-order valence-corrected chi connectivity index (χ2v) is 9.85. The van der Waals surface area contributed by atoms with E-state index in [1.54, 1.807) is 30.3 Å². The van der Waals surface area contributed by atoms with Gasteiger partial charge in [-0.1, -0.05) is 6.07 Å². The van der Waals surface area contributed by atoms with E-state index in [2.05, 4.69) is 9.39 Å². The number of hydrogen-bond acceptors (Lipinski definition) is 10. The Morgan fingerprint density at radius 2 is 1.80 bits per heavy atom. The number of aliphatic imine (C=N–C) groups is 1. The highest BCUT2D eigenvalue weighted by Gasteiger charge is 2.41. The third-order valence-corrected chi connectivity index (χ3v) is 6.61. The van der Waals surface area contributed by atoms with Crippen LogP contribution in [0.3, 0.4) is 0 Å². The number of rotatable bonds is 5. The van der Waals surface area contributed by atoms with Gasteiger partial charge in [-0.15, -0.1) is 0 Å². The van der Waals surface area contributed by atoms with Crippen molar-refractivity contribution in [2.24, 2.45) is 9.39 Å². The fourth-order valence-corrected chi connectivity index (χ4v) is 4.99. The minimum atomic E-state index is -3.75. The third-order valence-electron chi connectivity index (χ3n) is 4.85. The number of carbonyl (C=O) groups excluding carboxylic acids is 2. The molecule has 1 amide bonds. The molecule has 0 saturated carbocycles. The molecule has 2 aliphatic rings. The van der Waals surface area contributed by atoms with Gasteiger partial charge in [-0.3, -0.25) is 10.2 Å². The van der Waals surface area contributed by atoms with Gasteiger partial charge in [0.05, 0.1) is 37.3 Å². The number of nitrogens with one attached hydrogen (secondary N) is 1. The van der Waals surface area contributed by atoms with Gasteiger partial charge >= 0.3 is 5.97 Å². The molecule has 0 unspecified atom stereocenters. The van der Waals surface area contributed by atoms with Crippen LogP contribution in [0.15, 0.2) is 57.4 Å². The van der Waals surface area contributed by atoms with Crippen LogP contribution in [0.5, 0.6) is 17.2 Å². The summed E-state index contributed by atoms with van der Waals surface area (Å²) in [6.07, 6.45) is 2.32. The minimum absolute atomic E-state index is 0.00375. The predicted molar refractivity (Wildman–Crippen MR) is 131 cm³/mol. The standard InChI is InChI=1S/C22H18N4O7S2/c1-31-14-7-5-13(6-8-14)20(28)33-16-9-4-12(11-17(16)32-2)10-15-18(23)26-21(24-19(15)27)34-25-22(26)35(3,29)30/h4-11,23H,1-3H3/b15-10-,23-18?. The molecule has 0 spiro atoms. The van der Waals surface area contributed by atoms with E-state index in [0.29, 0.717) is 28.8 Å². The molecule has 0 aromatic heterocycles. The number of methoxy groups -OCH3 is 2. The smallest absolute Gasteiger partial charge is 0.343 e. The maximum Gasteiger partial charge on any atom is 0.343 e. The molecular weight excluding hydrogens is 496 g/mol. The number of fused-ring (bicyclic) bond motifs is 1. The first-order valence-corrected chi connectivity index (χ1v) is 12.5. The molecule has 2 aliphatic heterocycles. The molecule has 0 bridgehead atoms. The highest BCUT2D eigenvalue weighted by atomic mass is 32.2. The largest absolute Gasteiger partial charge is 0.497 e. The normalized spacial score (nSPS) is 16.5. The number of sulfone groups is 1. The summed E-state index contributed by atoms with van der Waals surface area (Å²) in [5.74, 6) is -0.755. The van der Waals surface area contributed by atoms with E-state index in [0.717, 1.165) is 11.2 Å². The van der Waals surface area contributed by atoms with Crippen LogP contribution in [-0.4, -0.2) is 61.8 Å². The number of carbonyl (C=O) groups is 2. The Morgan fingerprint density at radius 3 is 2.43 bits per heavy atom. The van der Waals surface area contributed by atoms with Crippen molar-refractivity contribution in [2.75, 3.05) is 20.5 Å². The average Bonchev–Trinajstić information content (AvgIpc) is 3.27. The molecule has 180 valence electrons. The lowest BCUT2D eigenvalue weighted by molar-refractivity contribution is -0.114. The Kier molecular flexibility index (Phi) is 6.45. The number of nitrogens with zero attached hydrogens (tertiary/aromatic N) is 3. The van der Waals surface area contributed by atoms with E-state index in [4.69, 9.17) is 19.6 Å². The highest BCUT2D eigenvalue weighted by Crippen LogP contribution is 2.32. The van der Waals surface area contributed by atoms with Crippen molar-refractivity contribution in [1.29, 1.82) is 5.41 Å². The van der Waals surface area contributed by atoms with Gasteiger partial charge in [0.25, 0.3) is 5.91 Å². The Morgan fingerprint density at radius 1 is 1.09 bits per heavy atom.